The van der Waals surface area contributed by atoms with E-state index in [9.17, 15) is 13.2 Å². The van der Waals surface area contributed by atoms with Gasteiger partial charge in [-0.25, -0.2) is 18.8 Å². The van der Waals surface area contributed by atoms with Crippen molar-refractivity contribution < 1.29 is 13.2 Å². The molecule has 188 valence electrons. The summed E-state index contributed by atoms with van der Waals surface area (Å²) in [6, 6.07) is 4.44. The van der Waals surface area contributed by atoms with Crippen LogP contribution in [0.15, 0.2) is 46.9 Å². The molecule has 0 aliphatic carbocycles. The lowest BCUT2D eigenvalue weighted by atomic mass is 9.94. The molecule has 9 nitrogen and oxygen atoms in total. The zero-order chi connectivity index (χ0) is 24.7. The van der Waals surface area contributed by atoms with Crippen LogP contribution in [0, 0.1) is 0 Å². The number of anilines is 1. The van der Waals surface area contributed by atoms with Gasteiger partial charge in [-0.1, -0.05) is 11.6 Å². The smallest absolute Gasteiger partial charge is 0.256 e. The van der Waals surface area contributed by atoms with Gasteiger partial charge in [0.15, 0.2) is 0 Å². The maximum Gasteiger partial charge on any atom is 0.256 e. The summed E-state index contributed by atoms with van der Waals surface area (Å²) >= 11 is 6.20. The third-order valence-corrected chi connectivity index (χ3v) is 7.74. The summed E-state index contributed by atoms with van der Waals surface area (Å²) in [4.78, 5) is 22.8. The van der Waals surface area contributed by atoms with Crippen LogP contribution in [0.5, 0.6) is 0 Å². The number of nitrogens with one attached hydrogen (secondary N) is 2. The van der Waals surface area contributed by atoms with Gasteiger partial charge in [0.25, 0.3) is 5.91 Å². The molecule has 0 radical (unpaired) electrons. The average Bonchev–Trinajstić information content (AvgIpc) is 3.49. The Morgan fingerprint density at radius 2 is 1.91 bits per heavy atom. The zero-order valence-electron chi connectivity index (χ0n) is 20.0. The van der Waals surface area contributed by atoms with Crippen LogP contribution in [-0.4, -0.2) is 72.9 Å². The van der Waals surface area contributed by atoms with Gasteiger partial charge in [-0.3, -0.25) is 14.5 Å². The lowest BCUT2D eigenvalue weighted by molar-refractivity contribution is 0.0559. The molecule has 4 heterocycles. The van der Waals surface area contributed by atoms with E-state index in [-0.39, 0.29) is 29.2 Å². The molecular formula is C24H31ClN6O3S. The summed E-state index contributed by atoms with van der Waals surface area (Å²) in [6.07, 6.45) is 10.4. The average molecular weight is 519 g/mol. The highest BCUT2D eigenvalue weighted by Gasteiger charge is 2.39. The van der Waals surface area contributed by atoms with Crippen molar-refractivity contribution in [3.63, 3.8) is 0 Å². The Morgan fingerprint density at radius 3 is 2.66 bits per heavy atom. The minimum absolute atomic E-state index is 0.0994. The number of amides is 1. The molecule has 1 amide bonds. The van der Waals surface area contributed by atoms with Gasteiger partial charge in [-0.15, -0.1) is 0 Å². The number of hydrazine groups is 1. The number of likely N-dealkylation sites (tertiary alicyclic amines) is 2. The summed E-state index contributed by atoms with van der Waals surface area (Å²) in [7, 11) is -3.56. The second-order valence-electron chi connectivity index (χ2n) is 9.59. The zero-order valence-corrected chi connectivity index (χ0v) is 21.6. The van der Waals surface area contributed by atoms with Crippen molar-refractivity contribution in [1.29, 1.82) is 0 Å². The molecule has 5 rings (SSSR count). The molecule has 1 aromatic carbocycles. The Balaban J connectivity index is 1.42. The number of amidine groups is 1. The number of piperidine rings is 1. The van der Waals surface area contributed by atoms with Crippen molar-refractivity contribution in [3.05, 3.63) is 52.5 Å². The Morgan fingerprint density at radius 1 is 1.17 bits per heavy atom. The molecule has 4 aliphatic rings. The molecule has 0 spiro atoms. The van der Waals surface area contributed by atoms with E-state index in [1.54, 1.807) is 6.07 Å². The number of carbonyl (C=O) groups excluding carboxylic acids is 1. The predicted octanol–water partition coefficient (Wildman–Crippen LogP) is 3.15. The summed E-state index contributed by atoms with van der Waals surface area (Å²) in [5, 5.41) is 2.38. The lowest BCUT2D eigenvalue weighted by Crippen LogP contribution is -2.54. The van der Waals surface area contributed by atoms with Crippen LogP contribution in [0.3, 0.4) is 0 Å². The molecular weight excluding hydrogens is 488 g/mol. The van der Waals surface area contributed by atoms with Crippen molar-refractivity contribution in [2.45, 2.75) is 51.1 Å². The van der Waals surface area contributed by atoms with Gasteiger partial charge in [0.1, 0.15) is 11.7 Å². The maximum absolute atomic E-state index is 13.8. The van der Waals surface area contributed by atoms with Crippen LogP contribution >= 0.6 is 11.6 Å². The standard InChI is InChI=1S/C24H31ClN6O3S/c1-16-13-22(29-10-5-6-11-29)26-23-15-20(27-31(16)23)21-7-3-4-12-30(21)24(32)18-14-17(25)8-9-19(18)28-35(2,33)34/h8-9,13-15,20-21,27-28H,3-7,10-12H2,1-2H3. The minimum atomic E-state index is -3.56. The normalized spacial score (nSPS) is 24.7. The number of halogens is 1. The molecule has 2 N–H and O–H groups in total. The molecule has 11 heteroatoms. The van der Waals surface area contributed by atoms with Crippen molar-refractivity contribution in [2.24, 2.45) is 4.99 Å². The van der Waals surface area contributed by atoms with Crippen LogP contribution < -0.4 is 10.1 Å². The van der Waals surface area contributed by atoms with E-state index in [2.05, 4.69) is 34.1 Å². The summed E-state index contributed by atoms with van der Waals surface area (Å²) in [5.74, 6) is 1.62. The van der Waals surface area contributed by atoms with E-state index in [4.69, 9.17) is 16.6 Å². The fraction of sp³-hybridized carbons (Fsp3) is 0.500. The second kappa shape index (κ2) is 9.48. The fourth-order valence-electron chi connectivity index (χ4n) is 5.28. The largest absolute Gasteiger partial charge is 0.356 e. The lowest BCUT2D eigenvalue weighted by Gasteiger charge is -2.39. The van der Waals surface area contributed by atoms with Crippen molar-refractivity contribution in [3.8, 4) is 0 Å². The van der Waals surface area contributed by atoms with Crippen LogP contribution in [-0.2, 0) is 10.0 Å². The van der Waals surface area contributed by atoms with Gasteiger partial charge in [0.05, 0.1) is 29.6 Å². The number of nitrogens with zero attached hydrogens (tertiary/aromatic N) is 4. The highest BCUT2D eigenvalue weighted by Crippen LogP contribution is 2.32. The molecule has 0 aromatic heterocycles. The van der Waals surface area contributed by atoms with Gasteiger partial charge >= 0.3 is 0 Å². The topological polar surface area (TPSA) is 97.3 Å². The molecule has 2 unspecified atom stereocenters. The number of allylic oxidation sites excluding steroid dienone is 1. The highest BCUT2D eigenvalue weighted by atomic mass is 35.5. The van der Waals surface area contributed by atoms with E-state index >= 15 is 0 Å². The minimum Gasteiger partial charge on any atom is -0.356 e. The third kappa shape index (κ3) is 5.05. The number of aliphatic imine (C=N–C) groups is 1. The summed E-state index contributed by atoms with van der Waals surface area (Å²) in [5.41, 5.74) is 5.10. The van der Waals surface area contributed by atoms with Crippen molar-refractivity contribution >= 4 is 39.1 Å². The SMILES string of the molecule is CC1=CC(N2CCCC2)=NC2=CC(C3CCCCN3C(=O)c3cc(Cl)ccc3NS(C)(=O)=O)NN12. The van der Waals surface area contributed by atoms with Crippen molar-refractivity contribution in [2.75, 3.05) is 30.6 Å². The predicted molar refractivity (Wildman–Crippen MR) is 137 cm³/mol. The van der Waals surface area contributed by atoms with Crippen molar-refractivity contribution in [1.82, 2.24) is 20.2 Å². The number of hydrogen-bond donors (Lipinski definition) is 2. The Kier molecular flexibility index (Phi) is 6.54. The van der Waals surface area contributed by atoms with Crippen LogP contribution in [0.1, 0.15) is 49.4 Å². The Hall–Kier alpha value is -2.56. The van der Waals surface area contributed by atoms with Gasteiger partial charge < -0.3 is 9.80 Å². The van der Waals surface area contributed by atoms with Crippen LogP contribution in [0.2, 0.25) is 5.02 Å². The Labute approximate surface area is 211 Å². The number of sulfonamides is 1. The highest BCUT2D eigenvalue weighted by molar-refractivity contribution is 7.92. The van der Waals surface area contributed by atoms with Crippen LogP contribution in [0.25, 0.3) is 0 Å². The first-order valence-corrected chi connectivity index (χ1v) is 14.3. The molecule has 2 saturated heterocycles. The monoisotopic (exact) mass is 518 g/mol. The molecule has 2 atom stereocenters. The summed E-state index contributed by atoms with van der Waals surface area (Å²) in [6.45, 7) is 4.71. The molecule has 2 fully saturated rings. The molecule has 4 aliphatic heterocycles. The maximum atomic E-state index is 13.8. The number of fused-ring (bicyclic) bond motifs is 1. The van der Waals surface area contributed by atoms with Gasteiger partial charge in [-0.2, -0.15) is 0 Å². The summed E-state index contributed by atoms with van der Waals surface area (Å²) < 4.78 is 26.2. The quantitative estimate of drug-likeness (QED) is 0.635. The first-order valence-electron chi connectivity index (χ1n) is 12.1. The first kappa shape index (κ1) is 24.1. The third-order valence-electron chi connectivity index (χ3n) is 6.92. The molecule has 0 saturated carbocycles. The number of carbonyl (C=O) groups is 1. The van der Waals surface area contributed by atoms with Crippen LogP contribution in [0.4, 0.5) is 5.69 Å². The molecule has 35 heavy (non-hydrogen) atoms. The number of rotatable bonds is 4. The van der Waals surface area contributed by atoms with E-state index in [0.717, 1.165) is 56.0 Å². The molecule has 1 aromatic rings. The second-order valence-corrected chi connectivity index (χ2v) is 11.8. The van der Waals surface area contributed by atoms with E-state index in [1.807, 2.05) is 9.91 Å². The van der Waals surface area contributed by atoms with Gasteiger partial charge in [0, 0.05) is 36.4 Å². The van der Waals surface area contributed by atoms with Gasteiger partial charge in [0.2, 0.25) is 10.0 Å². The first-order chi connectivity index (χ1) is 16.7. The van der Waals surface area contributed by atoms with E-state index in [1.165, 1.54) is 25.0 Å². The fourth-order valence-corrected chi connectivity index (χ4v) is 6.03. The van der Waals surface area contributed by atoms with E-state index < -0.39 is 10.0 Å². The number of hydrogen-bond acceptors (Lipinski definition) is 7. The van der Waals surface area contributed by atoms with Gasteiger partial charge in [-0.05, 0) is 63.3 Å². The number of benzene rings is 1. The molecule has 0 bridgehead atoms. The van der Waals surface area contributed by atoms with E-state index in [0.29, 0.717) is 11.6 Å². The Bertz CT molecular complexity index is 1220.